The number of hydrogen-bond acceptors (Lipinski definition) is 4. The number of H-pyrrole nitrogens is 1. The zero-order valence-electron chi connectivity index (χ0n) is 13.6. The molecule has 7 nitrogen and oxygen atoms in total. The molecule has 4 aromatic rings. The summed E-state index contributed by atoms with van der Waals surface area (Å²) in [6, 6.07) is 17.1. The van der Waals surface area contributed by atoms with Crippen LogP contribution in [0, 0.1) is 0 Å². The quantitative estimate of drug-likeness (QED) is 0.622. The first kappa shape index (κ1) is 15.1. The van der Waals surface area contributed by atoms with E-state index in [-0.39, 0.29) is 11.7 Å². The number of hydrogen-bond donors (Lipinski definition) is 1. The summed E-state index contributed by atoms with van der Waals surface area (Å²) in [5, 5.41) is 14.8. The number of aromatic amines is 1. The molecule has 25 heavy (non-hydrogen) atoms. The third kappa shape index (κ3) is 2.76. The summed E-state index contributed by atoms with van der Waals surface area (Å²) in [4.78, 5) is 12.7. The van der Waals surface area contributed by atoms with E-state index in [9.17, 15) is 4.79 Å². The van der Waals surface area contributed by atoms with Crippen molar-refractivity contribution in [2.75, 3.05) is 0 Å². The van der Waals surface area contributed by atoms with E-state index >= 15 is 0 Å². The molecule has 0 aliphatic heterocycles. The van der Waals surface area contributed by atoms with Gasteiger partial charge in [-0.3, -0.25) is 5.10 Å². The minimum Gasteiger partial charge on any atom is -0.285 e. The maximum absolute atomic E-state index is 12.7. The van der Waals surface area contributed by atoms with E-state index in [2.05, 4.69) is 20.6 Å². The van der Waals surface area contributed by atoms with Crippen LogP contribution in [-0.4, -0.2) is 30.0 Å². The third-order valence-electron chi connectivity index (χ3n) is 4.20. The number of tetrazole rings is 1. The number of rotatable bonds is 4. The van der Waals surface area contributed by atoms with Gasteiger partial charge in [0.05, 0.1) is 17.9 Å². The Morgan fingerprint density at radius 2 is 1.72 bits per heavy atom. The van der Waals surface area contributed by atoms with Crippen LogP contribution in [0.1, 0.15) is 18.5 Å². The molecule has 1 N–H and O–H groups in total. The summed E-state index contributed by atoms with van der Waals surface area (Å²) < 4.78 is 2.69. The molecule has 0 aliphatic rings. The van der Waals surface area contributed by atoms with E-state index in [4.69, 9.17) is 0 Å². The predicted molar refractivity (Wildman–Crippen MR) is 93.5 cm³/mol. The molecule has 2 aromatic heterocycles. The fourth-order valence-electron chi connectivity index (χ4n) is 2.74. The number of aromatic nitrogens is 6. The van der Waals surface area contributed by atoms with E-state index in [0.717, 1.165) is 16.7 Å². The van der Waals surface area contributed by atoms with Crippen molar-refractivity contribution >= 4 is 0 Å². The van der Waals surface area contributed by atoms with E-state index in [1.54, 1.807) is 6.20 Å². The standard InChI is InChI=1S/C18H16N6O/c1-13(14-5-3-2-4-6-14)23-18(25)24(22-21-23)17-9-7-15(8-10-17)16-11-19-20-12-16/h2-13H,1H3,(H,19,20). The monoisotopic (exact) mass is 332 g/mol. The number of nitrogens with zero attached hydrogens (tertiary/aromatic N) is 5. The van der Waals surface area contributed by atoms with Crippen LogP contribution in [0.15, 0.2) is 71.8 Å². The van der Waals surface area contributed by atoms with E-state index < -0.39 is 0 Å². The van der Waals surface area contributed by atoms with Gasteiger partial charge in [0.2, 0.25) is 0 Å². The van der Waals surface area contributed by atoms with Gasteiger partial charge >= 0.3 is 5.69 Å². The largest absolute Gasteiger partial charge is 0.369 e. The summed E-state index contributed by atoms with van der Waals surface area (Å²) in [5.74, 6) is 0. The molecular weight excluding hydrogens is 316 g/mol. The highest BCUT2D eigenvalue weighted by atomic mass is 16.2. The van der Waals surface area contributed by atoms with Crippen molar-refractivity contribution in [2.24, 2.45) is 0 Å². The lowest BCUT2D eigenvalue weighted by Crippen LogP contribution is -2.27. The average Bonchev–Trinajstić information content (AvgIpc) is 3.32. The molecule has 0 amide bonds. The summed E-state index contributed by atoms with van der Waals surface area (Å²) in [6.07, 6.45) is 3.57. The van der Waals surface area contributed by atoms with Gasteiger partial charge in [-0.05, 0) is 40.6 Å². The van der Waals surface area contributed by atoms with Crippen LogP contribution in [0.3, 0.4) is 0 Å². The van der Waals surface area contributed by atoms with E-state index in [1.807, 2.05) is 67.7 Å². The van der Waals surface area contributed by atoms with Crippen molar-refractivity contribution < 1.29 is 0 Å². The molecule has 124 valence electrons. The van der Waals surface area contributed by atoms with Gasteiger partial charge in [-0.1, -0.05) is 42.5 Å². The summed E-state index contributed by atoms with van der Waals surface area (Å²) in [5.41, 5.74) is 3.40. The van der Waals surface area contributed by atoms with E-state index in [1.165, 1.54) is 9.36 Å². The topological polar surface area (TPSA) is 81.4 Å². The van der Waals surface area contributed by atoms with Gasteiger partial charge < -0.3 is 0 Å². The van der Waals surface area contributed by atoms with Crippen molar-refractivity contribution in [2.45, 2.75) is 13.0 Å². The lowest BCUT2D eigenvalue weighted by Gasteiger charge is -2.09. The molecule has 0 fully saturated rings. The first-order chi connectivity index (χ1) is 12.2. The molecule has 0 radical (unpaired) electrons. The van der Waals surface area contributed by atoms with Crippen molar-refractivity contribution in [3.05, 3.63) is 83.0 Å². The first-order valence-electron chi connectivity index (χ1n) is 7.93. The van der Waals surface area contributed by atoms with Crippen LogP contribution in [0.4, 0.5) is 0 Å². The molecule has 1 unspecified atom stereocenters. The Bertz CT molecular complexity index is 1020. The van der Waals surface area contributed by atoms with Gasteiger partial charge in [-0.25, -0.2) is 4.79 Å². The van der Waals surface area contributed by atoms with Crippen molar-refractivity contribution in [3.8, 4) is 16.8 Å². The SMILES string of the molecule is CC(c1ccccc1)n1nnn(-c2ccc(-c3cn[nH]c3)cc2)c1=O. The van der Waals surface area contributed by atoms with Crippen LogP contribution in [0.5, 0.6) is 0 Å². The molecule has 7 heteroatoms. The molecule has 0 saturated carbocycles. The molecule has 0 bridgehead atoms. The number of benzene rings is 2. The average molecular weight is 332 g/mol. The van der Waals surface area contributed by atoms with Gasteiger partial charge in [0.1, 0.15) is 0 Å². The zero-order chi connectivity index (χ0) is 17.2. The molecule has 0 spiro atoms. The molecule has 4 rings (SSSR count). The third-order valence-corrected chi connectivity index (χ3v) is 4.20. The molecule has 2 aromatic carbocycles. The second-order valence-electron chi connectivity index (χ2n) is 5.74. The lowest BCUT2D eigenvalue weighted by molar-refractivity contribution is 0.528. The van der Waals surface area contributed by atoms with Crippen molar-refractivity contribution in [3.63, 3.8) is 0 Å². The zero-order valence-corrected chi connectivity index (χ0v) is 13.6. The van der Waals surface area contributed by atoms with Gasteiger partial charge in [-0.2, -0.15) is 14.5 Å². The minimum atomic E-state index is -0.271. The molecule has 0 aliphatic carbocycles. The summed E-state index contributed by atoms with van der Waals surface area (Å²) in [7, 11) is 0. The summed E-state index contributed by atoms with van der Waals surface area (Å²) in [6.45, 7) is 1.93. The Balaban J connectivity index is 1.66. The molecule has 1 atom stereocenters. The van der Waals surface area contributed by atoms with Crippen molar-refractivity contribution in [1.82, 2.24) is 30.0 Å². The van der Waals surface area contributed by atoms with E-state index in [0.29, 0.717) is 5.69 Å². The van der Waals surface area contributed by atoms with Crippen LogP contribution >= 0.6 is 0 Å². The van der Waals surface area contributed by atoms with Crippen LogP contribution < -0.4 is 5.69 Å². The Morgan fingerprint density at radius 1 is 0.960 bits per heavy atom. The van der Waals surface area contributed by atoms with Gasteiger partial charge in [0.25, 0.3) is 0 Å². The van der Waals surface area contributed by atoms with Gasteiger partial charge in [-0.15, -0.1) is 0 Å². The predicted octanol–water partition coefficient (Wildman–Crippen LogP) is 2.43. The second-order valence-corrected chi connectivity index (χ2v) is 5.74. The van der Waals surface area contributed by atoms with Gasteiger partial charge in [0.15, 0.2) is 0 Å². The lowest BCUT2D eigenvalue weighted by atomic mass is 10.1. The maximum atomic E-state index is 12.7. The Hall–Kier alpha value is -3.48. The maximum Gasteiger partial charge on any atom is 0.369 e. The Morgan fingerprint density at radius 3 is 2.40 bits per heavy atom. The van der Waals surface area contributed by atoms with Gasteiger partial charge in [0, 0.05) is 11.8 Å². The smallest absolute Gasteiger partial charge is 0.285 e. The highest BCUT2D eigenvalue weighted by Crippen LogP contribution is 2.19. The van der Waals surface area contributed by atoms with Crippen LogP contribution in [0.25, 0.3) is 16.8 Å². The van der Waals surface area contributed by atoms with Crippen LogP contribution in [0.2, 0.25) is 0 Å². The molecule has 0 saturated heterocycles. The highest BCUT2D eigenvalue weighted by molar-refractivity contribution is 5.62. The Kier molecular flexibility index (Phi) is 3.74. The Labute approximate surface area is 143 Å². The summed E-state index contributed by atoms with van der Waals surface area (Å²) >= 11 is 0. The fourth-order valence-corrected chi connectivity index (χ4v) is 2.74. The first-order valence-corrected chi connectivity index (χ1v) is 7.93. The fraction of sp³-hybridized carbons (Fsp3) is 0.111. The van der Waals surface area contributed by atoms with Crippen molar-refractivity contribution in [1.29, 1.82) is 0 Å². The second kappa shape index (κ2) is 6.20. The molecular formula is C18H16N6O. The normalized spacial score (nSPS) is 12.2. The van der Waals surface area contributed by atoms with Crippen LogP contribution in [-0.2, 0) is 0 Å². The number of nitrogens with one attached hydrogen (secondary N) is 1. The highest BCUT2D eigenvalue weighted by Gasteiger charge is 2.15. The molecule has 2 heterocycles. The minimum absolute atomic E-state index is 0.187.